The molecule has 160 valence electrons. The maximum atomic E-state index is 12.6. The minimum Gasteiger partial charge on any atom is -0.477 e. The van der Waals surface area contributed by atoms with Gasteiger partial charge in [0.05, 0.1) is 18.8 Å². The highest BCUT2D eigenvalue weighted by atomic mass is 16.5. The van der Waals surface area contributed by atoms with Crippen molar-refractivity contribution in [2.45, 2.75) is 26.0 Å². The number of nitrogens with one attached hydrogen (secondary N) is 2. The second-order valence-corrected chi connectivity index (χ2v) is 7.58. The molecule has 2 aromatic carbocycles. The minimum atomic E-state index is -0.641. The van der Waals surface area contributed by atoms with Gasteiger partial charge in [0.25, 0.3) is 5.91 Å². The number of benzene rings is 2. The Balaban J connectivity index is 1.62. The van der Waals surface area contributed by atoms with Crippen LogP contribution in [0.15, 0.2) is 48.5 Å². The van der Waals surface area contributed by atoms with Crippen LogP contribution in [0.25, 0.3) is 0 Å². The summed E-state index contributed by atoms with van der Waals surface area (Å²) in [6, 6.07) is 15.6. The second kappa shape index (κ2) is 10.0. The van der Waals surface area contributed by atoms with Crippen molar-refractivity contribution in [2.75, 3.05) is 43.5 Å². The van der Waals surface area contributed by atoms with Gasteiger partial charge in [-0.3, -0.25) is 9.59 Å². The number of fused-ring (bicyclic) bond motifs is 1. The molecule has 0 unspecified atom stereocenters. The predicted octanol–water partition coefficient (Wildman–Crippen LogP) is 2.16. The van der Waals surface area contributed by atoms with E-state index in [2.05, 4.69) is 10.6 Å². The summed E-state index contributed by atoms with van der Waals surface area (Å²) in [4.78, 5) is 29.0. The lowest BCUT2D eigenvalue weighted by Gasteiger charge is -2.35. The molecule has 3 rings (SSSR count). The van der Waals surface area contributed by atoms with Gasteiger partial charge in [0.15, 0.2) is 6.10 Å². The first kappa shape index (κ1) is 21.5. The topological polar surface area (TPSA) is 73.9 Å². The Bertz CT molecular complexity index is 867. The molecule has 1 aliphatic heterocycles. The van der Waals surface area contributed by atoms with Crippen molar-refractivity contribution in [1.82, 2.24) is 10.6 Å². The van der Waals surface area contributed by atoms with Crippen molar-refractivity contribution in [3.63, 3.8) is 0 Å². The Hall–Kier alpha value is -3.22. The highest BCUT2D eigenvalue weighted by molar-refractivity contribution is 5.86. The Morgan fingerprint density at radius 3 is 2.53 bits per heavy atom. The Morgan fingerprint density at radius 2 is 1.83 bits per heavy atom. The number of carbonyl (C=O) groups is 2. The van der Waals surface area contributed by atoms with E-state index in [1.807, 2.05) is 79.3 Å². The zero-order valence-corrected chi connectivity index (χ0v) is 17.9. The quantitative estimate of drug-likeness (QED) is 0.698. The monoisotopic (exact) mass is 410 g/mol. The van der Waals surface area contributed by atoms with Gasteiger partial charge in [-0.1, -0.05) is 31.2 Å². The van der Waals surface area contributed by atoms with Crippen LogP contribution in [0.4, 0.5) is 11.4 Å². The van der Waals surface area contributed by atoms with Crippen molar-refractivity contribution in [3.05, 3.63) is 54.1 Å². The molecule has 0 radical (unpaired) electrons. The van der Waals surface area contributed by atoms with Crippen LogP contribution in [0.2, 0.25) is 0 Å². The van der Waals surface area contributed by atoms with Gasteiger partial charge in [-0.15, -0.1) is 0 Å². The summed E-state index contributed by atoms with van der Waals surface area (Å²) in [6.45, 7) is 3.56. The minimum absolute atomic E-state index is 0.101. The number of hydrogen-bond donors (Lipinski definition) is 2. The van der Waals surface area contributed by atoms with Crippen LogP contribution in [0.5, 0.6) is 5.75 Å². The molecule has 0 saturated heterocycles. The fourth-order valence-corrected chi connectivity index (χ4v) is 3.30. The van der Waals surface area contributed by atoms with E-state index in [0.717, 1.165) is 23.4 Å². The van der Waals surface area contributed by atoms with Gasteiger partial charge in [0.2, 0.25) is 5.91 Å². The van der Waals surface area contributed by atoms with Crippen molar-refractivity contribution in [2.24, 2.45) is 0 Å². The van der Waals surface area contributed by atoms with Crippen LogP contribution in [0.3, 0.4) is 0 Å². The highest BCUT2D eigenvalue weighted by Crippen LogP contribution is 2.32. The first-order chi connectivity index (χ1) is 14.5. The Labute approximate surface area is 178 Å². The maximum Gasteiger partial charge on any atom is 0.262 e. The summed E-state index contributed by atoms with van der Waals surface area (Å²) in [7, 11) is 3.99. The largest absolute Gasteiger partial charge is 0.477 e. The number of hydrogen-bond acceptors (Lipinski definition) is 5. The van der Waals surface area contributed by atoms with E-state index >= 15 is 0 Å². The summed E-state index contributed by atoms with van der Waals surface area (Å²) in [5.41, 5.74) is 2.97. The van der Waals surface area contributed by atoms with E-state index in [9.17, 15) is 9.59 Å². The molecule has 2 N–H and O–H groups in total. The first-order valence-corrected chi connectivity index (χ1v) is 10.3. The third-order valence-corrected chi connectivity index (χ3v) is 4.98. The highest BCUT2D eigenvalue weighted by Gasteiger charge is 2.31. The number of rotatable bonds is 8. The molecule has 0 saturated carbocycles. The first-order valence-electron chi connectivity index (χ1n) is 10.3. The van der Waals surface area contributed by atoms with Crippen LogP contribution < -0.4 is 25.2 Å². The number of nitrogens with zero attached hydrogens (tertiary/aromatic N) is 2. The molecule has 1 atom stereocenters. The smallest absolute Gasteiger partial charge is 0.262 e. The molecule has 7 nitrogen and oxygen atoms in total. The lowest BCUT2D eigenvalue weighted by atomic mass is 10.1. The van der Waals surface area contributed by atoms with Crippen molar-refractivity contribution >= 4 is 23.2 Å². The third kappa shape index (κ3) is 5.43. The number of ether oxygens (including phenoxy) is 1. The summed E-state index contributed by atoms with van der Waals surface area (Å²) in [6.07, 6.45) is 0.217. The van der Waals surface area contributed by atoms with Crippen LogP contribution in [0.1, 0.15) is 18.9 Å². The predicted molar refractivity (Wildman–Crippen MR) is 119 cm³/mol. The molecule has 30 heavy (non-hydrogen) atoms. The SMILES string of the molecule is CCCNC(=O)[C@@H]1CN(CC(=O)NCc2ccc(N(C)C)cc2)c2ccccc2O1. The van der Waals surface area contributed by atoms with Crippen molar-refractivity contribution in [3.8, 4) is 5.75 Å². The van der Waals surface area contributed by atoms with E-state index in [1.54, 1.807) is 0 Å². The van der Waals surface area contributed by atoms with E-state index in [0.29, 0.717) is 25.4 Å². The Morgan fingerprint density at radius 1 is 1.10 bits per heavy atom. The molecular weight excluding hydrogens is 380 g/mol. The number of para-hydroxylation sites is 2. The normalized spacial score (nSPS) is 15.0. The van der Waals surface area contributed by atoms with Gasteiger partial charge in [-0.2, -0.15) is 0 Å². The number of anilines is 2. The molecule has 7 heteroatoms. The summed E-state index contributed by atoms with van der Waals surface area (Å²) in [5.74, 6) is 0.362. The maximum absolute atomic E-state index is 12.6. The van der Waals surface area contributed by atoms with Crippen molar-refractivity contribution in [1.29, 1.82) is 0 Å². The van der Waals surface area contributed by atoms with Crippen LogP contribution >= 0.6 is 0 Å². The molecule has 1 aliphatic rings. The summed E-state index contributed by atoms with van der Waals surface area (Å²) < 4.78 is 5.87. The second-order valence-electron chi connectivity index (χ2n) is 7.58. The zero-order chi connectivity index (χ0) is 21.5. The van der Waals surface area contributed by atoms with Gasteiger partial charge in [-0.25, -0.2) is 0 Å². The molecule has 0 spiro atoms. The van der Waals surface area contributed by atoms with Gasteiger partial charge < -0.3 is 25.2 Å². The lowest BCUT2D eigenvalue weighted by molar-refractivity contribution is -0.128. The molecule has 0 aromatic heterocycles. The Kier molecular flexibility index (Phi) is 7.17. The third-order valence-electron chi connectivity index (χ3n) is 4.98. The van der Waals surface area contributed by atoms with Crippen LogP contribution in [-0.4, -0.2) is 51.6 Å². The molecule has 2 aromatic rings. The lowest BCUT2D eigenvalue weighted by Crippen LogP contribution is -2.51. The summed E-state index contributed by atoms with van der Waals surface area (Å²) in [5, 5.41) is 5.84. The fourth-order valence-electron chi connectivity index (χ4n) is 3.30. The van der Waals surface area contributed by atoms with Crippen LogP contribution in [0, 0.1) is 0 Å². The molecule has 0 bridgehead atoms. The number of amides is 2. The van der Waals surface area contributed by atoms with Crippen molar-refractivity contribution < 1.29 is 14.3 Å². The fraction of sp³-hybridized carbons (Fsp3) is 0.391. The zero-order valence-electron chi connectivity index (χ0n) is 17.9. The van der Waals surface area contributed by atoms with Gasteiger partial charge >= 0.3 is 0 Å². The van der Waals surface area contributed by atoms with E-state index < -0.39 is 6.10 Å². The number of carbonyl (C=O) groups excluding carboxylic acids is 2. The van der Waals surface area contributed by atoms with E-state index in [1.165, 1.54) is 0 Å². The molecule has 1 heterocycles. The van der Waals surface area contributed by atoms with Gasteiger partial charge in [0.1, 0.15) is 5.75 Å². The summed E-state index contributed by atoms with van der Waals surface area (Å²) >= 11 is 0. The average molecular weight is 411 g/mol. The average Bonchev–Trinajstić information content (AvgIpc) is 2.76. The van der Waals surface area contributed by atoms with Gasteiger partial charge in [0, 0.05) is 32.9 Å². The molecule has 2 amide bonds. The molecular formula is C23H30N4O3. The standard InChI is InChI=1S/C23H30N4O3/c1-4-13-24-23(29)21-15-27(19-7-5-6-8-20(19)30-21)16-22(28)25-14-17-9-11-18(12-10-17)26(2)3/h5-12,21H,4,13-16H2,1-3H3,(H,24,29)(H,25,28)/t21-/m0/s1. The molecule has 0 fully saturated rings. The molecule has 0 aliphatic carbocycles. The van der Waals surface area contributed by atoms with E-state index in [4.69, 9.17) is 4.74 Å². The van der Waals surface area contributed by atoms with E-state index in [-0.39, 0.29) is 18.4 Å². The van der Waals surface area contributed by atoms with Gasteiger partial charge in [-0.05, 0) is 36.2 Å². The van der Waals surface area contributed by atoms with Crippen LogP contribution in [-0.2, 0) is 16.1 Å².